The number of rotatable bonds is 9. The van der Waals surface area contributed by atoms with Crippen LogP contribution in [0.25, 0.3) is 11.9 Å². The van der Waals surface area contributed by atoms with E-state index in [4.69, 9.17) is 26.1 Å². The predicted molar refractivity (Wildman–Crippen MR) is 179 cm³/mol. The molecule has 1 fully saturated rings. The van der Waals surface area contributed by atoms with Crippen molar-refractivity contribution in [2.24, 2.45) is 10.9 Å². The number of halogens is 3. The molecule has 250 valence electrons. The number of aromatic nitrogens is 3. The van der Waals surface area contributed by atoms with Crippen LogP contribution in [-0.2, 0) is 19.8 Å². The summed E-state index contributed by atoms with van der Waals surface area (Å²) in [5.74, 6) is -2.19. The Kier molecular flexibility index (Phi) is 10.4. The van der Waals surface area contributed by atoms with Crippen LogP contribution in [0, 0.1) is 11.9 Å². The third kappa shape index (κ3) is 8.12. The van der Waals surface area contributed by atoms with Gasteiger partial charge in [-0.2, -0.15) is 4.39 Å². The molecule has 1 aliphatic carbocycles. The minimum absolute atomic E-state index is 0.0521. The third-order valence-corrected chi connectivity index (χ3v) is 11.0. The number of carbonyl (C=O) groups excluding carboxylic acids is 2. The largest absolute Gasteiger partial charge is 0.443 e. The number of hydrogen-bond donors (Lipinski definition) is 0. The molecule has 0 radical (unpaired) electrons. The van der Waals surface area contributed by atoms with E-state index in [1.807, 2.05) is 0 Å². The first-order valence-corrected chi connectivity index (χ1v) is 19.8. The number of amides is 2. The fraction of sp³-hybridized carbons (Fsp3) is 0.548. The highest BCUT2D eigenvalue weighted by Crippen LogP contribution is 2.67. The maximum absolute atomic E-state index is 15.7. The molecular weight excluding hydrogens is 654 g/mol. The van der Waals surface area contributed by atoms with Crippen molar-refractivity contribution in [1.82, 2.24) is 24.8 Å². The number of thioether (sulfide) groups is 1. The molecule has 1 saturated carbocycles. The molecule has 3 heterocycles. The molecular formula is C31H41ClF2N6O4SSi. The quantitative estimate of drug-likeness (QED) is 0.121. The van der Waals surface area contributed by atoms with Gasteiger partial charge in [0.2, 0.25) is 11.9 Å². The summed E-state index contributed by atoms with van der Waals surface area (Å²) in [6.07, 6.45) is 4.41. The Bertz CT molecular complexity index is 1550. The number of ether oxygens (including phenoxy) is 2. The predicted octanol–water partition coefficient (Wildman–Crippen LogP) is 6.85. The van der Waals surface area contributed by atoms with Crippen LogP contribution < -0.4 is 0 Å². The van der Waals surface area contributed by atoms with E-state index < -0.39 is 47.7 Å². The molecule has 2 aromatic rings. The Hall–Kier alpha value is -2.94. The summed E-state index contributed by atoms with van der Waals surface area (Å²) < 4.78 is 41.5. The van der Waals surface area contributed by atoms with Gasteiger partial charge >= 0.3 is 6.09 Å². The number of amidine groups is 1. The summed E-state index contributed by atoms with van der Waals surface area (Å²) in [5, 5.41) is 0.276. The van der Waals surface area contributed by atoms with E-state index in [1.165, 1.54) is 34.5 Å². The molecule has 46 heavy (non-hydrogen) atoms. The van der Waals surface area contributed by atoms with E-state index in [1.54, 1.807) is 41.8 Å². The van der Waals surface area contributed by atoms with Gasteiger partial charge in [-0.3, -0.25) is 9.79 Å². The van der Waals surface area contributed by atoms with Crippen molar-refractivity contribution in [2.45, 2.75) is 75.7 Å². The first-order chi connectivity index (χ1) is 21.3. The number of hydrogen-bond acceptors (Lipinski definition) is 9. The highest BCUT2D eigenvalue weighted by atomic mass is 35.5. The molecule has 0 spiro atoms. The van der Waals surface area contributed by atoms with E-state index >= 15 is 8.78 Å². The molecule has 1 aliphatic heterocycles. The zero-order valence-corrected chi connectivity index (χ0v) is 30.2. The summed E-state index contributed by atoms with van der Waals surface area (Å²) in [6, 6.07) is 2.32. The van der Waals surface area contributed by atoms with Gasteiger partial charge in [0.05, 0.1) is 17.9 Å². The highest BCUT2D eigenvalue weighted by molar-refractivity contribution is 8.16. The fourth-order valence-electron chi connectivity index (χ4n) is 5.09. The molecule has 4 rings (SSSR count). The van der Waals surface area contributed by atoms with Crippen molar-refractivity contribution >= 4 is 60.5 Å². The molecule has 15 heteroatoms. The Balaban J connectivity index is 1.80. The molecule has 0 unspecified atom stereocenters. The van der Waals surface area contributed by atoms with Crippen LogP contribution >= 0.6 is 23.4 Å². The van der Waals surface area contributed by atoms with Gasteiger partial charge in [-0.05, 0) is 57.9 Å². The number of carbonyl (C=O) groups is 2. The van der Waals surface area contributed by atoms with Crippen molar-refractivity contribution < 1.29 is 27.8 Å². The van der Waals surface area contributed by atoms with Crippen LogP contribution in [-0.4, -0.2) is 87.8 Å². The van der Waals surface area contributed by atoms with Gasteiger partial charge in [-0.25, -0.2) is 29.0 Å². The van der Waals surface area contributed by atoms with Gasteiger partial charge in [0.25, 0.3) is 0 Å². The number of nitrogens with zero attached hydrogens (tertiary/aromatic N) is 6. The first-order valence-electron chi connectivity index (χ1n) is 14.9. The van der Waals surface area contributed by atoms with Gasteiger partial charge < -0.3 is 14.4 Å². The molecule has 3 atom stereocenters. The molecule has 0 aromatic carbocycles. The molecule has 10 nitrogen and oxygen atoms in total. The van der Waals surface area contributed by atoms with E-state index in [0.29, 0.717) is 13.0 Å². The second-order valence-electron chi connectivity index (χ2n) is 14.1. The normalized spacial score (nSPS) is 22.9. The summed E-state index contributed by atoms with van der Waals surface area (Å²) in [6.45, 7) is 13.9. The van der Waals surface area contributed by atoms with E-state index in [0.717, 1.165) is 23.9 Å². The molecule has 0 saturated heterocycles. The van der Waals surface area contributed by atoms with Crippen LogP contribution in [0.5, 0.6) is 0 Å². The molecule has 0 bridgehead atoms. The standard InChI is InChI=1S/C31H41ClF2N6O4SSi/c1-29(2,3)44-28(42)40(18-43-10-11-46(7,8)9)27-38-30(4,23-14-31(23,45-27)26(41)39(5)6)20-12-19(15-37-25(20)34)13-21(33)22-16-36-24(32)17-35-22/h12-13,15-17,23H,10-11,14,18H2,1-9H3/b21-13-/t23-,30+,31-/m0/s1. The zero-order chi connectivity index (χ0) is 34.2. The second-order valence-corrected chi connectivity index (χ2v) is 21.4. The highest BCUT2D eigenvalue weighted by Gasteiger charge is 2.72. The average Bonchev–Trinajstić information content (AvgIpc) is 3.69. The SMILES string of the molecule is CN(C)C(=O)[C@]12C[C@H]1[C@@](C)(c1cc(/C=C(\F)c3cnc(Cl)cn3)cnc1F)N=C(N(COCC[Si](C)(C)C)C(=O)OC(C)(C)C)S2. The van der Waals surface area contributed by atoms with Crippen molar-refractivity contribution in [3.63, 3.8) is 0 Å². The van der Waals surface area contributed by atoms with Crippen LogP contribution in [0.15, 0.2) is 29.6 Å². The monoisotopic (exact) mass is 694 g/mol. The lowest BCUT2D eigenvalue weighted by Gasteiger charge is -2.38. The number of pyridine rings is 1. The zero-order valence-electron chi connectivity index (χ0n) is 27.7. The smallest absolute Gasteiger partial charge is 0.418 e. The Morgan fingerprint density at radius 1 is 1.17 bits per heavy atom. The van der Waals surface area contributed by atoms with Crippen molar-refractivity contribution in [1.29, 1.82) is 0 Å². The van der Waals surface area contributed by atoms with E-state index in [2.05, 4.69) is 34.6 Å². The molecule has 2 aliphatic rings. The van der Waals surface area contributed by atoms with Crippen molar-refractivity contribution in [2.75, 3.05) is 27.4 Å². The summed E-state index contributed by atoms with van der Waals surface area (Å²) in [4.78, 5) is 46.7. The molecule has 0 N–H and O–H groups in total. The van der Waals surface area contributed by atoms with Gasteiger partial charge in [0.1, 0.15) is 27.9 Å². The topological polar surface area (TPSA) is 110 Å². The van der Waals surface area contributed by atoms with Crippen LogP contribution in [0.3, 0.4) is 0 Å². The lowest BCUT2D eigenvalue weighted by Crippen LogP contribution is -2.48. The minimum atomic E-state index is -1.43. The first kappa shape index (κ1) is 35.9. The fourth-order valence-corrected chi connectivity index (χ4v) is 7.63. The lowest BCUT2D eigenvalue weighted by atomic mass is 9.86. The van der Waals surface area contributed by atoms with Gasteiger partial charge in [0, 0.05) is 46.5 Å². The maximum Gasteiger partial charge on any atom is 0.418 e. The van der Waals surface area contributed by atoms with Gasteiger partial charge in [-0.15, -0.1) is 0 Å². The van der Waals surface area contributed by atoms with Crippen molar-refractivity contribution in [3.8, 4) is 0 Å². The summed E-state index contributed by atoms with van der Waals surface area (Å²) in [5.41, 5.74) is -1.95. The number of aliphatic imine (C=N–C) groups is 1. The summed E-state index contributed by atoms with van der Waals surface area (Å²) >= 11 is 6.94. The Labute approximate surface area is 279 Å². The minimum Gasteiger partial charge on any atom is -0.443 e. The molecule has 2 amide bonds. The van der Waals surface area contributed by atoms with Crippen LogP contribution in [0.4, 0.5) is 13.6 Å². The van der Waals surface area contributed by atoms with Crippen molar-refractivity contribution in [3.05, 3.63) is 52.6 Å². The van der Waals surface area contributed by atoms with E-state index in [-0.39, 0.29) is 39.8 Å². The number of fused-ring (bicyclic) bond motifs is 1. The molecule has 2 aromatic heterocycles. The van der Waals surface area contributed by atoms with Gasteiger partial charge in [0.15, 0.2) is 11.0 Å². The van der Waals surface area contributed by atoms with Gasteiger partial charge in [-0.1, -0.05) is 43.0 Å². The average molecular weight is 695 g/mol. The Morgan fingerprint density at radius 3 is 2.46 bits per heavy atom. The van der Waals surface area contributed by atoms with Crippen LogP contribution in [0.2, 0.25) is 30.8 Å². The summed E-state index contributed by atoms with van der Waals surface area (Å²) in [7, 11) is 1.87. The van der Waals surface area contributed by atoms with Crippen LogP contribution in [0.1, 0.15) is 50.9 Å². The second kappa shape index (κ2) is 13.3. The Morgan fingerprint density at radius 2 is 1.87 bits per heavy atom. The maximum atomic E-state index is 15.7. The third-order valence-electron chi connectivity index (χ3n) is 7.58. The lowest BCUT2D eigenvalue weighted by molar-refractivity contribution is -0.129. The van der Waals surface area contributed by atoms with E-state index in [9.17, 15) is 9.59 Å².